The van der Waals surface area contributed by atoms with E-state index < -0.39 is 0 Å². The summed E-state index contributed by atoms with van der Waals surface area (Å²) in [6.45, 7) is 2.23. The molecule has 0 radical (unpaired) electrons. The summed E-state index contributed by atoms with van der Waals surface area (Å²) in [5.74, 6) is -0.234. The molecule has 1 aromatic heterocycles. The van der Waals surface area contributed by atoms with Crippen LogP contribution in [0.15, 0.2) is 42.5 Å². The van der Waals surface area contributed by atoms with Gasteiger partial charge in [0.15, 0.2) is 0 Å². The third kappa shape index (κ3) is 1.77. The van der Waals surface area contributed by atoms with E-state index in [9.17, 15) is 4.79 Å². The molecule has 18 heavy (non-hydrogen) atoms. The predicted molar refractivity (Wildman–Crippen MR) is 75.3 cm³/mol. The van der Waals surface area contributed by atoms with Crippen molar-refractivity contribution in [1.29, 1.82) is 0 Å². The van der Waals surface area contributed by atoms with E-state index in [0.717, 1.165) is 10.1 Å². The third-order valence-electron chi connectivity index (χ3n) is 2.90. The Balaban J connectivity index is 2.22. The van der Waals surface area contributed by atoms with Crippen molar-refractivity contribution in [1.82, 2.24) is 0 Å². The summed E-state index contributed by atoms with van der Waals surface area (Å²) in [6, 6.07) is 14.3. The van der Waals surface area contributed by atoms with Crippen LogP contribution < -0.4 is 0 Å². The summed E-state index contributed by atoms with van der Waals surface area (Å²) in [5, 5.41) is 3.50. The van der Waals surface area contributed by atoms with Gasteiger partial charge in [0.25, 0.3) is 0 Å². The Kier molecular flexibility index (Phi) is 2.76. The van der Waals surface area contributed by atoms with Crippen molar-refractivity contribution < 1.29 is 9.53 Å². The number of carbonyl (C=O) groups excluding carboxylic acids is 1. The van der Waals surface area contributed by atoms with E-state index in [4.69, 9.17) is 4.74 Å². The number of rotatable bonds is 2. The Bertz CT molecular complexity index is 728. The highest BCUT2D eigenvalue weighted by molar-refractivity contribution is 7.20. The topological polar surface area (TPSA) is 26.3 Å². The lowest BCUT2D eigenvalue weighted by Gasteiger charge is -1.97. The third-order valence-corrected chi connectivity index (χ3v) is 3.98. The van der Waals surface area contributed by atoms with Crippen LogP contribution in [0.1, 0.15) is 16.6 Å². The second-order valence-corrected chi connectivity index (χ2v) is 5.11. The van der Waals surface area contributed by atoms with E-state index in [1.165, 1.54) is 22.1 Å². The van der Waals surface area contributed by atoms with Crippen LogP contribution >= 0.6 is 11.3 Å². The Hall–Kier alpha value is -1.87. The summed E-state index contributed by atoms with van der Waals surface area (Å²) in [5.41, 5.74) is 0. The van der Waals surface area contributed by atoms with Crippen LogP contribution in [0.2, 0.25) is 0 Å². The van der Waals surface area contributed by atoms with Crippen molar-refractivity contribution in [3.05, 3.63) is 47.3 Å². The van der Waals surface area contributed by atoms with Crippen molar-refractivity contribution in [2.45, 2.75) is 6.92 Å². The monoisotopic (exact) mass is 256 g/mol. The van der Waals surface area contributed by atoms with Gasteiger partial charge in [0.2, 0.25) is 0 Å². The molecule has 3 rings (SSSR count). The van der Waals surface area contributed by atoms with E-state index in [0.29, 0.717) is 11.5 Å². The van der Waals surface area contributed by atoms with Crippen LogP contribution in [-0.2, 0) is 4.74 Å². The number of fused-ring (bicyclic) bond motifs is 3. The molecule has 2 aromatic carbocycles. The summed E-state index contributed by atoms with van der Waals surface area (Å²) >= 11 is 1.49. The zero-order chi connectivity index (χ0) is 12.5. The van der Waals surface area contributed by atoms with Crippen molar-refractivity contribution in [3.8, 4) is 0 Å². The summed E-state index contributed by atoms with van der Waals surface area (Å²) in [4.78, 5) is 12.4. The second-order valence-electron chi connectivity index (χ2n) is 4.03. The normalized spacial score (nSPS) is 10.9. The first-order chi connectivity index (χ1) is 8.79. The molecule has 0 amide bonds. The van der Waals surface area contributed by atoms with E-state index in [1.54, 1.807) is 0 Å². The lowest BCUT2D eigenvalue weighted by Crippen LogP contribution is -2.01. The van der Waals surface area contributed by atoms with Gasteiger partial charge in [-0.25, -0.2) is 4.79 Å². The van der Waals surface area contributed by atoms with E-state index in [2.05, 4.69) is 24.3 Å². The molecule has 1 heterocycles. The fraction of sp³-hybridized carbons (Fsp3) is 0.133. The van der Waals surface area contributed by atoms with Gasteiger partial charge in [-0.3, -0.25) is 0 Å². The molecule has 0 aliphatic heterocycles. The highest BCUT2D eigenvalue weighted by atomic mass is 32.1. The van der Waals surface area contributed by atoms with Crippen molar-refractivity contribution in [2.24, 2.45) is 0 Å². The van der Waals surface area contributed by atoms with Gasteiger partial charge in [0, 0.05) is 10.1 Å². The molecular formula is C15H12O2S. The minimum absolute atomic E-state index is 0.234. The SMILES string of the molecule is CCOC(=O)c1cc2c(ccc3ccccc32)s1. The van der Waals surface area contributed by atoms with E-state index >= 15 is 0 Å². The van der Waals surface area contributed by atoms with Crippen molar-refractivity contribution in [2.75, 3.05) is 6.61 Å². The first kappa shape index (κ1) is 11.2. The van der Waals surface area contributed by atoms with Crippen LogP contribution in [-0.4, -0.2) is 12.6 Å². The van der Waals surface area contributed by atoms with Crippen LogP contribution in [0.25, 0.3) is 20.9 Å². The van der Waals surface area contributed by atoms with Gasteiger partial charge < -0.3 is 4.74 Å². The number of thiophene rings is 1. The first-order valence-corrected chi connectivity index (χ1v) is 6.69. The van der Waals surface area contributed by atoms with Crippen LogP contribution in [0.5, 0.6) is 0 Å². The minimum atomic E-state index is -0.234. The standard InChI is InChI=1S/C15H12O2S/c1-2-17-15(16)14-9-12-11-6-4-3-5-10(11)7-8-13(12)18-14/h3-9H,2H2,1H3. The molecule has 0 unspecified atom stereocenters. The molecule has 0 saturated carbocycles. The van der Waals surface area contributed by atoms with Gasteiger partial charge >= 0.3 is 5.97 Å². The molecule has 0 aliphatic carbocycles. The van der Waals surface area contributed by atoms with Gasteiger partial charge in [-0.15, -0.1) is 11.3 Å². The Labute approximate surface area is 109 Å². The highest BCUT2D eigenvalue weighted by Crippen LogP contribution is 2.32. The molecule has 0 aliphatic rings. The summed E-state index contributed by atoms with van der Waals surface area (Å²) < 4.78 is 6.16. The summed E-state index contributed by atoms with van der Waals surface area (Å²) in [7, 11) is 0. The lowest BCUT2D eigenvalue weighted by molar-refractivity contribution is 0.0532. The van der Waals surface area contributed by atoms with Crippen LogP contribution in [0.4, 0.5) is 0 Å². The van der Waals surface area contributed by atoms with Gasteiger partial charge in [0.1, 0.15) is 4.88 Å². The Morgan fingerprint density at radius 1 is 1.17 bits per heavy atom. The molecule has 0 fully saturated rings. The molecule has 0 saturated heterocycles. The first-order valence-electron chi connectivity index (χ1n) is 5.88. The molecule has 2 nitrogen and oxygen atoms in total. The van der Waals surface area contributed by atoms with Crippen LogP contribution in [0, 0.1) is 0 Å². The molecule has 0 bridgehead atoms. The lowest BCUT2D eigenvalue weighted by atomic mass is 10.1. The van der Waals surface area contributed by atoms with Gasteiger partial charge in [-0.2, -0.15) is 0 Å². The fourth-order valence-electron chi connectivity index (χ4n) is 2.10. The van der Waals surface area contributed by atoms with Crippen molar-refractivity contribution in [3.63, 3.8) is 0 Å². The molecule has 0 N–H and O–H groups in total. The van der Waals surface area contributed by atoms with E-state index in [-0.39, 0.29) is 5.97 Å². The maximum absolute atomic E-state index is 11.7. The van der Waals surface area contributed by atoms with Gasteiger partial charge in [-0.1, -0.05) is 30.3 Å². The molecule has 90 valence electrons. The highest BCUT2D eigenvalue weighted by Gasteiger charge is 2.12. The quantitative estimate of drug-likeness (QED) is 0.641. The zero-order valence-electron chi connectivity index (χ0n) is 9.97. The number of hydrogen-bond donors (Lipinski definition) is 0. The number of ether oxygens (including phenoxy) is 1. The maximum atomic E-state index is 11.7. The van der Waals surface area contributed by atoms with Gasteiger partial charge in [-0.05, 0) is 29.8 Å². The Morgan fingerprint density at radius 3 is 2.83 bits per heavy atom. The summed E-state index contributed by atoms with van der Waals surface area (Å²) in [6.07, 6.45) is 0. The molecule has 0 spiro atoms. The van der Waals surface area contributed by atoms with Crippen molar-refractivity contribution >= 4 is 38.2 Å². The molecule has 0 atom stereocenters. The number of esters is 1. The minimum Gasteiger partial charge on any atom is -0.462 e. The zero-order valence-corrected chi connectivity index (χ0v) is 10.8. The average Bonchev–Trinajstić information content (AvgIpc) is 2.83. The second kappa shape index (κ2) is 4.42. The van der Waals surface area contributed by atoms with Crippen LogP contribution in [0.3, 0.4) is 0 Å². The predicted octanol–water partition coefficient (Wildman–Crippen LogP) is 4.23. The molecule has 3 heteroatoms. The number of benzene rings is 2. The Morgan fingerprint density at radius 2 is 2.00 bits per heavy atom. The average molecular weight is 256 g/mol. The van der Waals surface area contributed by atoms with Gasteiger partial charge in [0.05, 0.1) is 6.61 Å². The molecule has 3 aromatic rings. The molecular weight excluding hydrogens is 244 g/mol. The van der Waals surface area contributed by atoms with E-state index in [1.807, 2.05) is 25.1 Å². The largest absolute Gasteiger partial charge is 0.462 e. The number of carbonyl (C=O) groups is 1. The fourth-order valence-corrected chi connectivity index (χ4v) is 3.07. The number of hydrogen-bond acceptors (Lipinski definition) is 3. The smallest absolute Gasteiger partial charge is 0.348 e. The maximum Gasteiger partial charge on any atom is 0.348 e.